The summed E-state index contributed by atoms with van der Waals surface area (Å²) in [6, 6.07) is 12.3. The quantitative estimate of drug-likeness (QED) is 0.543. The lowest BCUT2D eigenvalue weighted by atomic mass is 10.2. The van der Waals surface area contributed by atoms with Gasteiger partial charge in [0.2, 0.25) is 5.91 Å². The van der Waals surface area contributed by atoms with Gasteiger partial charge in [-0.05, 0) is 31.2 Å². The topological polar surface area (TPSA) is 133 Å². The Morgan fingerprint density at radius 1 is 1.07 bits per heavy atom. The van der Waals surface area contributed by atoms with E-state index in [0.29, 0.717) is 22.9 Å². The van der Waals surface area contributed by atoms with Gasteiger partial charge >= 0.3 is 0 Å². The van der Waals surface area contributed by atoms with Gasteiger partial charge in [0.1, 0.15) is 18.0 Å². The van der Waals surface area contributed by atoms with Gasteiger partial charge in [0.05, 0.1) is 19.9 Å². The highest BCUT2D eigenvalue weighted by Gasteiger charge is 2.20. The fraction of sp³-hybridized carbons (Fsp3) is 0.200. The van der Waals surface area contributed by atoms with Crippen LogP contribution in [0.25, 0.3) is 0 Å². The number of benzene rings is 2. The molecule has 10 nitrogen and oxygen atoms in total. The van der Waals surface area contributed by atoms with Crippen LogP contribution in [0.2, 0.25) is 0 Å². The number of nitrogen functional groups attached to an aromatic ring is 1. The van der Waals surface area contributed by atoms with E-state index in [1.165, 1.54) is 14.2 Å². The van der Waals surface area contributed by atoms with Crippen LogP contribution in [0, 0.1) is 6.92 Å². The van der Waals surface area contributed by atoms with Gasteiger partial charge in [0.25, 0.3) is 5.91 Å². The highest BCUT2D eigenvalue weighted by atomic mass is 16.5. The molecular weight excluding hydrogens is 388 g/mol. The first kappa shape index (κ1) is 20.6. The van der Waals surface area contributed by atoms with Crippen LogP contribution in [-0.2, 0) is 11.3 Å². The van der Waals surface area contributed by atoms with Crippen molar-refractivity contribution in [3.8, 4) is 11.5 Å². The monoisotopic (exact) mass is 410 g/mol. The van der Waals surface area contributed by atoms with Gasteiger partial charge in [-0.1, -0.05) is 22.9 Å². The Hall–Kier alpha value is -4.08. The zero-order valence-electron chi connectivity index (χ0n) is 16.8. The number of amides is 2. The third-order valence-electron chi connectivity index (χ3n) is 4.27. The van der Waals surface area contributed by atoms with Gasteiger partial charge in [-0.3, -0.25) is 9.59 Å². The fourth-order valence-electron chi connectivity index (χ4n) is 2.67. The average Bonchev–Trinajstić information content (AvgIpc) is 3.09. The van der Waals surface area contributed by atoms with Gasteiger partial charge in [-0.15, -0.1) is 5.10 Å². The first-order chi connectivity index (χ1) is 14.4. The second-order valence-electron chi connectivity index (χ2n) is 6.42. The lowest BCUT2D eigenvalue weighted by Crippen LogP contribution is -2.21. The molecule has 3 aromatic rings. The zero-order valence-corrected chi connectivity index (χ0v) is 16.8. The van der Waals surface area contributed by atoms with E-state index in [2.05, 4.69) is 20.9 Å². The molecule has 0 aliphatic heterocycles. The summed E-state index contributed by atoms with van der Waals surface area (Å²) >= 11 is 0. The number of nitrogens with zero attached hydrogens (tertiary/aromatic N) is 3. The van der Waals surface area contributed by atoms with Crippen LogP contribution in [0.4, 0.5) is 17.2 Å². The largest absolute Gasteiger partial charge is 0.497 e. The molecule has 30 heavy (non-hydrogen) atoms. The van der Waals surface area contributed by atoms with Gasteiger partial charge in [0.15, 0.2) is 11.5 Å². The van der Waals surface area contributed by atoms with Crippen molar-refractivity contribution in [3.63, 3.8) is 0 Å². The number of aromatic nitrogens is 3. The van der Waals surface area contributed by atoms with E-state index >= 15 is 0 Å². The van der Waals surface area contributed by atoms with E-state index in [4.69, 9.17) is 15.2 Å². The number of ether oxygens (including phenoxy) is 2. The van der Waals surface area contributed by atoms with E-state index in [1.807, 2.05) is 19.1 Å². The van der Waals surface area contributed by atoms with E-state index in [-0.39, 0.29) is 24.0 Å². The predicted octanol–water partition coefficient (Wildman–Crippen LogP) is 2.08. The van der Waals surface area contributed by atoms with Crippen LogP contribution in [0.3, 0.4) is 0 Å². The molecule has 1 heterocycles. The van der Waals surface area contributed by atoms with Crippen LogP contribution in [0.15, 0.2) is 42.5 Å². The molecule has 0 radical (unpaired) electrons. The number of nitrogens with one attached hydrogen (secondary N) is 2. The van der Waals surface area contributed by atoms with Crippen molar-refractivity contribution in [1.29, 1.82) is 0 Å². The van der Waals surface area contributed by atoms with E-state index in [1.54, 1.807) is 30.3 Å². The molecule has 0 aliphatic carbocycles. The normalized spacial score (nSPS) is 10.4. The zero-order chi connectivity index (χ0) is 21.7. The maximum absolute atomic E-state index is 12.6. The molecule has 3 rings (SSSR count). The Morgan fingerprint density at radius 2 is 1.80 bits per heavy atom. The number of nitrogens with two attached hydrogens (primary N) is 1. The van der Waals surface area contributed by atoms with Crippen molar-refractivity contribution < 1.29 is 19.1 Å². The van der Waals surface area contributed by atoms with Gasteiger partial charge in [-0.25, -0.2) is 4.68 Å². The van der Waals surface area contributed by atoms with Gasteiger partial charge in [-0.2, -0.15) is 0 Å². The lowest BCUT2D eigenvalue weighted by Gasteiger charge is -2.11. The van der Waals surface area contributed by atoms with Crippen molar-refractivity contribution in [3.05, 3.63) is 53.7 Å². The summed E-state index contributed by atoms with van der Waals surface area (Å²) in [7, 11) is 2.99. The molecule has 1 aromatic heterocycles. The number of hydrogen-bond acceptors (Lipinski definition) is 7. The van der Waals surface area contributed by atoms with Crippen LogP contribution in [0.1, 0.15) is 16.1 Å². The number of anilines is 3. The fourth-order valence-corrected chi connectivity index (χ4v) is 2.67. The standard InChI is InChI=1S/C20H22N6O4/c1-12-4-6-13(7-5-12)22-17(27)11-26-19(21)18(24-25-26)20(28)23-15-10-14(29-2)8-9-16(15)30-3/h4-10H,11,21H2,1-3H3,(H,22,27)(H,23,28). The Kier molecular flexibility index (Phi) is 6.16. The van der Waals surface area contributed by atoms with Crippen molar-refractivity contribution in [1.82, 2.24) is 15.0 Å². The van der Waals surface area contributed by atoms with Crippen molar-refractivity contribution in [2.75, 3.05) is 30.6 Å². The SMILES string of the molecule is COc1ccc(OC)c(NC(=O)c2nnn(CC(=O)Nc3ccc(C)cc3)c2N)c1. The second-order valence-corrected chi connectivity index (χ2v) is 6.42. The Balaban J connectivity index is 1.71. The van der Waals surface area contributed by atoms with Crippen molar-refractivity contribution >= 4 is 29.0 Å². The summed E-state index contributed by atoms with van der Waals surface area (Å²) in [4.78, 5) is 24.9. The first-order valence-electron chi connectivity index (χ1n) is 9.00. The smallest absolute Gasteiger partial charge is 0.280 e. The van der Waals surface area contributed by atoms with Crippen LogP contribution in [0.5, 0.6) is 11.5 Å². The molecule has 0 saturated carbocycles. The Labute approximate surface area is 173 Å². The minimum Gasteiger partial charge on any atom is -0.497 e. The molecule has 2 aromatic carbocycles. The van der Waals surface area contributed by atoms with Crippen LogP contribution < -0.4 is 25.8 Å². The number of carbonyl (C=O) groups is 2. The highest BCUT2D eigenvalue weighted by Crippen LogP contribution is 2.29. The summed E-state index contributed by atoms with van der Waals surface area (Å²) in [6.45, 7) is 1.76. The molecule has 2 amide bonds. The minimum atomic E-state index is -0.593. The molecule has 0 atom stereocenters. The summed E-state index contributed by atoms with van der Waals surface area (Å²) in [6.07, 6.45) is 0. The third-order valence-corrected chi connectivity index (χ3v) is 4.27. The molecule has 4 N–H and O–H groups in total. The molecule has 156 valence electrons. The second kappa shape index (κ2) is 8.95. The third kappa shape index (κ3) is 4.66. The van der Waals surface area contributed by atoms with Crippen LogP contribution >= 0.6 is 0 Å². The molecule has 0 aliphatic rings. The maximum Gasteiger partial charge on any atom is 0.280 e. The highest BCUT2D eigenvalue weighted by molar-refractivity contribution is 6.06. The molecule has 0 bridgehead atoms. The Bertz CT molecular complexity index is 1060. The molecule has 0 saturated heterocycles. The molecule has 0 spiro atoms. The first-order valence-corrected chi connectivity index (χ1v) is 9.00. The summed E-state index contributed by atoms with van der Waals surface area (Å²) in [5, 5.41) is 13.0. The number of methoxy groups -OCH3 is 2. The van der Waals surface area contributed by atoms with E-state index in [0.717, 1.165) is 10.2 Å². The molecular formula is C20H22N6O4. The summed E-state index contributed by atoms with van der Waals surface area (Å²) in [5.41, 5.74) is 7.99. The molecule has 0 fully saturated rings. The van der Waals surface area contributed by atoms with E-state index < -0.39 is 5.91 Å². The van der Waals surface area contributed by atoms with E-state index in [9.17, 15) is 9.59 Å². The van der Waals surface area contributed by atoms with Gasteiger partial charge in [0, 0.05) is 11.8 Å². The number of rotatable bonds is 7. The lowest BCUT2D eigenvalue weighted by molar-refractivity contribution is -0.116. The number of carbonyl (C=O) groups excluding carboxylic acids is 2. The van der Waals surface area contributed by atoms with Crippen molar-refractivity contribution in [2.24, 2.45) is 0 Å². The number of hydrogen-bond donors (Lipinski definition) is 3. The minimum absolute atomic E-state index is 0.0339. The Morgan fingerprint density at radius 3 is 2.47 bits per heavy atom. The van der Waals surface area contributed by atoms with Crippen molar-refractivity contribution in [2.45, 2.75) is 13.5 Å². The van der Waals surface area contributed by atoms with Gasteiger partial charge < -0.3 is 25.8 Å². The summed E-state index contributed by atoms with van der Waals surface area (Å²) < 4.78 is 11.6. The maximum atomic E-state index is 12.6. The summed E-state index contributed by atoms with van der Waals surface area (Å²) in [5.74, 6) is -0.00219. The predicted molar refractivity (Wildman–Crippen MR) is 112 cm³/mol. The molecule has 0 unspecified atom stereocenters. The molecule has 10 heteroatoms. The van der Waals surface area contributed by atoms with Crippen LogP contribution in [-0.4, -0.2) is 41.0 Å². The number of aryl methyl sites for hydroxylation is 1. The average molecular weight is 410 g/mol.